The minimum absolute atomic E-state index is 0.0411. The summed E-state index contributed by atoms with van der Waals surface area (Å²) in [5.41, 5.74) is 3.58. The fourth-order valence-corrected chi connectivity index (χ4v) is 14.1. The van der Waals surface area contributed by atoms with E-state index in [0.29, 0.717) is 135 Å². The predicted molar refractivity (Wildman–Crippen MR) is 396 cm³/mol. The molecular formula is C88H50F12N8. The van der Waals surface area contributed by atoms with E-state index in [2.05, 4.69) is 0 Å². The molecule has 0 fully saturated rings. The Bertz CT molecular complexity index is 5870. The maximum absolute atomic E-state index is 14.9. The third-order valence-electron chi connectivity index (χ3n) is 19.2. The number of nitrogens with zero attached hydrogens (tertiary/aromatic N) is 8. The highest BCUT2D eigenvalue weighted by Crippen LogP contribution is 2.48. The topological polar surface area (TPSA) is 87.2 Å². The maximum Gasteiger partial charge on any atom is 0.417 e. The fraction of sp³-hybridized carbons (Fsp3) is 0.0455. The van der Waals surface area contributed by atoms with Crippen molar-refractivity contribution in [3.63, 3.8) is 0 Å². The molecule has 0 spiro atoms. The van der Waals surface area contributed by atoms with Gasteiger partial charge in [0.05, 0.1) is 55.7 Å². The summed E-state index contributed by atoms with van der Waals surface area (Å²) in [5, 5.41) is 2.27. The van der Waals surface area contributed by atoms with Gasteiger partial charge in [0.2, 0.25) is 0 Å². The van der Waals surface area contributed by atoms with Crippen molar-refractivity contribution in [2.45, 2.75) is 24.7 Å². The van der Waals surface area contributed by atoms with Crippen molar-refractivity contribution in [1.82, 2.24) is 39.0 Å². The van der Waals surface area contributed by atoms with Crippen LogP contribution in [0.4, 0.5) is 52.7 Å². The third kappa shape index (κ3) is 12.6. The summed E-state index contributed by atoms with van der Waals surface area (Å²) >= 11 is 0. The van der Waals surface area contributed by atoms with E-state index in [4.69, 9.17) is 29.9 Å². The fourth-order valence-electron chi connectivity index (χ4n) is 14.1. The second-order valence-electron chi connectivity index (χ2n) is 25.8. The molecule has 526 valence electrons. The van der Waals surface area contributed by atoms with E-state index in [1.54, 1.807) is 36.4 Å². The first-order valence-corrected chi connectivity index (χ1v) is 33.8. The predicted octanol–water partition coefficient (Wildman–Crippen LogP) is 25.0. The number of para-hydroxylation sites is 2. The molecule has 0 atom stereocenters. The summed E-state index contributed by atoms with van der Waals surface area (Å²) in [4.78, 5) is 30.9. The van der Waals surface area contributed by atoms with Gasteiger partial charge in [-0.05, 0) is 136 Å². The highest BCUT2D eigenvalue weighted by molar-refractivity contribution is 6.12. The van der Waals surface area contributed by atoms with Crippen LogP contribution < -0.4 is 0 Å². The zero-order valence-electron chi connectivity index (χ0n) is 56.0. The molecule has 17 aromatic rings. The zero-order valence-corrected chi connectivity index (χ0v) is 56.0. The summed E-state index contributed by atoms with van der Waals surface area (Å²) in [7, 11) is 0. The van der Waals surface area contributed by atoms with Crippen LogP contribution in [0.3, 0.4) is 0 Å². The van der Waals surface area contributed by atoms with Gasteiger partial charge in [-0.1, -0.05) is 212 Å². The molecule has 0 saturated carbocycles. The highest BCUT2D eigenvalue weighted by atomic mass is 19.4. The molecule has 0 aliphatic heterocycles. The van der Waals surface area contributed by atoms with Crippen molar-refractivity contribution in [2.24, 2.45) is 0 Å². The normalized spacial score (nSPS) is 12.3. The van der Waals surface area contributed by atoms with Gasteiger partial charge in [-0.25, -0.2) is 29.9 Å². The van der Waals surface area contributed by atoms with Crippen LogP contribution in [0, 0.1) is 0 Å². The molecule has 13 aromatic carbocycles. The lowest BCUT2D eigenvalue weighted by molar-refractivity contribution is -0.144. The molecule has 20 heteroatoms. The van der Waals surface area contributed by atoms with Gasteiger partial charge in [0.1, 0.15) is 0 Å². The Kier molecular flexibility index (Phi) is 16.5. The zero-order chi connectivity index (χ0) is 74.4. The van der Waals surface area contributed by atoms with Crippen molar-refractivity contribution < 1.29 is 52.7 Å². The average molecular weight is 1450 g/mol. The van der Waals surface area contributed by atoms with Gasteiger partial charge in [0.15, 0.2) is 34.9 Å². The lowest BCUT2D eigenvalue weighted by Gasteiger charge is -2.18. The Balaban J connectivity index is 0.864. The van der Waals surface area contributed by atoms with Gasteiger partial charge in [-0.15, -0.1) is 0 Å². The monoisotopic (exact) mass is 1450 g/mol. The maximum atomic E-state index is 14.9. The second-order valence-corrected chi connectivity index (χ2v) is 25.8. The second kappa shape index (κ2) is 26.3. The van der Waals surface area contributed by atoms with E-state index < -0.39 is 58.1 Å². The number of alkyl halides is 12. The number of halogens is 12. The first kappa shape index (κ1) is 67.8. The number of hydrogen-bond donors (Lipinski definition) is 0. The largest absolute Gasteiger partial charge is 0.417 e. The molecule has 0 aliphatic rings. The third-order valence-corrected chi connectivity index (χ3v) is 19.2. The van der Waals surface area contributed by atoms with Gasteiger partial charge in [-0.3, -0.25) is 0 Å². The molecule has 0 bridgehead atoms. The van der Waals surface area contributed by atoms with Gasteiger partial charge < -0.3 is 9.13 Å². The highest BCUT2D eigenvalue weighted by Gasteiger charge is 2.40. The summed E-state index contributed by atoms with van der Waals surface area (Å²) < 4.78 is 177. The van der Waals surface area contributed by atoms with E-state index >= 15 is 0 Å². The van der Waals surface area contributed by atoms with Crippen molar-refractivity contribution in [3.8, 4) is 124 Å². The molecule has 0 N–H and O–H groups in total. The minimum Gasteiger partial charge on any atom is -0.309 e. The molecule has 4 heterocycles. The van der Waals surface area contributed by atoms with E-state index in [1.165, 1.54) is 12.1 Å². The first-order valence-electron chi connectivity index (χ1n) is 33.8. The van der Waals surface area contributed by atoms with Crippen LogP contribution in [0.25, 0.3) is 168 Å². The van der Waals surface area contributed by atoms with Gasteiger partial charge >= 0.3 is 24.7 Å². The van der Waals surface area contributed by atoms with Crippen molar-refractivity contribution in [3.05, 3.63) is 326 Å². The molecule has 0 amide bonds. The Morgan fingerprint density at radius 1 is 0.194 bits per heavy atom. The first-order chi connectivity index (χ1) is 52.1. The van der Waals surface area contributed by atoms with E-state index in [1.807, 2.05) is 228 Å². The molecule has 0 saturated heterocycles. The van der Waals surface area contributed by atoms with Crippen LogP contribution in [-0.2, 0) is 24.7 Å². The SMILES string of the molecule is FC(F)(F)c1ccc(-c2ccc3c(c2)c2ccccc2n3-c2ccc(-c3cccc(-c4ccc(-n5c6ccccc6c6cc(-c7ccc(C(F)(F)F)cc7C(F)(F)F)ccc65)c(-c5nc(-c6ccccc6)nc(-c6ccccc6)n5)c4)c3)cc2-c2nc(-c3ccccc3)nc(-c3ccccc3)n2)c(C(F)(F)F)c1. The Morgan fingerprint density at radius 3 is 0.833 bits per heavy atom. The molecular weight excluding hydrogens is 1400 g/mol. The molecule has 17 rings (SSSR count). The van der Waals surface area contributed by atoms with E-state index in [0.717, 1.165) is 23.3 Å². The van der Waals surface area contributed by atoms with Crippen LogP contribution in [0.5, 0.6) is 0 Å². The van der Waals surface area contributed by atoms with Crippen molar-refractivity contribution in [1.29, 1.82) is 0 Å². The molecule has 4 aromatic heterocycles. The van der Waals surface area contributed by atoms with Crippen LogP contribution in [0.15, 0.2) is 303 Å². The number of benzene rings is 13. The van der Waals surface area contributed by atoms with Gasteiger partial charge in [-0.2, -0.15) is 52.7 Å². The van der Waals surface area contributed by atoms with Crippen molar-refractivity contribution in [2.75, 3.05) is 0 Å². The molecule has 108 heavy (non-hydrogen) atoms. The number of fused-ring (bicyclic) bond motifs is 6. The average Bonchev–Trinajstić information content (AvgIpc) is 1.56. The summed E-state index contributed by atoms with van der Waals surface area (Å²) in [6.07, 6.45) is -20.3. The lowest BCUT2D eigenvalue weighted by Crippen LogP contribution is -2.12. The van der Waals surface area contributed by atoms with Gasteiger partial charge in [0.25, 0.3) is 0 Å². The smallest absolute Gasteiger partial charge is 0.309 e. The minimum atomic E-state index is -5.14. The molecule has 8 nitrogen and oxygen atoms in total. The summed E-state index contributed by atoms with van der Waals surface area (Å²) in [5.74, 6) is 1.94. The Labute approximate surface area is 606 Å². The number of aromatic nitrogens is 8. The molecule has 0 aliphatic carbocycles. The standard InChI is InChI=1S/C88H50F12N8/c89-85(90,91)61-36-38-63(71(49-61)87(95,96)97)59-34-42-75-67(47-59)65-28-13-15-30-73(65)107(75)77-40-32-57(45-69(77)83-103-79(51-18-5-1-6-19-51)101-80(104-83)52-20-7-2-8-21-52)55-26-17-27-56(44-55)58-33-41-78(70(46-58)84-105-81(53-22-9-3-10-23-53)102-82(106-84)54-24-11-4-12-25-54)108-74-31-16-14-29-66(74)68-48-60(35-43-76(68)108)64-39-37-62(86(92,93)94)50-72(64)88(98,99)100/h1-50H. The van der Waals surface area contributed by atoms with Crippen LogP contribution in [0.2, 0.25) is 0 Å². The van der Waals surface area contributed by atoms with Gasteiger partial charge in [0, 0.05) is 54.9 Å². The summed E-state index contributed by atoms with van der Waals surface area (Å²) in [6.45, 7) is 0. The van der Waals surface area contributed by atoms with Crippen LogP contribution >= 0.6 is 0 Å². The lowest BCUT2D eigenvalue weighted by atomic mass is 9.95. The molecule has 0 radical (unpaired) electrons. The van der Waals surface area contributed by atoms with Crippen LogP contribution in [0.1, 0.15) is 22.3 Å². The quantitative estimate of drug-likeness (QED) is 0.113. The number of hydrogen-bond acceptors (Lipinski definition) is 6. The van der Waals surface area contributed by atoms with E-state index in [9.17, 15) is 52.7 Å². The van der Waals surface area contributed by atoms with Crippen LogP contribution in [-0.4, -0.2) is 39.0 Å². The van der Waals surface area contributed by atoms with Crippen molar-refractivity contribution >= 4 is 43.6 Å². The Morgan fingerprint density at radius 2 is 0.491 bits per heavy atom. The Hall–Kier alpha value is -13.4. The van der Waals surface area contributed by atoms with E-state index in [-0.39, 0.29) is 34.9 Å². The summed E-state index contributed by atoms with van der Waals surface area (Å²) in [6, 6.07) is 84.3. The molecule has 0 unspecified atom stereocenters. The number of rotatable bonds is 12.